The maximum atomic E-state index is 12.8. The number of carboxylic acids is 1. The van der Waals surface area contributed by atoms with Gasteiger partial charge in [-0.1, -0.05) is 0 Å². The molecule has 2 aliphatic heterocycles. The predicted octanol–water partition coefficient (Wildman–Crippen LogP) is -4.44. The van der Waals surface area contributed by atoms with Gasteiger partial charge in [-0.05, 0) is 19.1 Å². The molecule has 3 unspecified atom stereocenters. The van der Waals surface area contributed by atoms with Gasteiger partial charge in [-0.2, -0.15) is 0 Å². The second-order valence-electron chi connectivity index (χ2n) is 6.70. The number of carboxylic acid groups (broad SMARTS) is 1. The second kappa shape index (κ2) is 11.0. The normalized spacial score (nSPS) is 20.3. The van der Waals surface area contributed by atoms with Crippen LogP contribution in [0.25, 0.3) is 0 Å². The monoisotopic (exact) mass is 473 g/mol. The van der Waals surface area contributed by atoms with Gasteiger partial charge >= 0.3 is 41.5 Å². The number of hydrogen-bond donors (Lipinski definition) is 1. The molecule has 3 rings (SSSR count). The number of aliphatic carboxylic acids is 1. The first-order valence-corrected chi connectivity index (χ1v) is 10.4. The first kappa shape index (κ1) is 26.0. The Hall–Kier alpha value is -2.28. The van der Waals surface area contributed by atoms with Crippen LogP contribution in [-0.2, 0) is 33.4 Å². The van der Waals surface area contributed by atoms with Gasteiger partial charge in [0.2, 0.25) is 6.04 Å². The van der Waals surface area contributed by atoms with Gasteiger partial charge in [0.1, 0.15) is 18.0 Å². The van der Waals surface area contributed by atoms with Crippen LogP contribution in [0.15, 0.2) is 35.8 Å². The zero-order chi connectivity index (χ0) is 22.7. The Balaban J connectivity index is 0.00000363. The number of hydrogen-bond acceptors (Lipinski definition) is 9. The van der Waals surface area contributed by atoms with Crippen molar-refractivity contribution in [1.82, 2.24) is 14.8 Å². The van der Waals surface area contributed by atoms with Gasteiger partial charge in [-0.15, -0.1) is 11.8 Å². The largest absolute Gasteiger partial charge is 1.00 e. The van der Waals surface area contributed by atoms with Gasteiger partial charge < -0.3 is 29.3 Å². The van der Waals surface area contributed by atoms with Crippen molar-refractivity contribution in [3.63, 3.8) is 0 Å². The molecule has 32 heavy (non-hydrogen) atoms. The summed E-state index contributed by atoms with van der Waals surface area (Å²) in [5.41, 5.74) is -0.140. The molecule has 0 spiro atoms. The van der Waals surface area contributed by atoms with Crippen LogP contribution in [0.4, 0.5) is 0 Å². The van der Waals surface area contributed by atoms with Crippen LogP contribution in [-0.4, -0.2) is 69.6 Å². The summed E-state index contributed by atoms with van der Waals surface area (Å²) in [5, 5.41) is 13.5. The van der Waals surface area contributed by atoms with Crippen LogP contribution in [0.5, 0.6) is 0 Å². The fourth-order valence-corrected chi connectivity index (χ4v) is 4.64. The first-order chi connectivity index (χ1) is 14.8. The zero-order valence-electron chi connectivity index (χ0n) is 17.7. The molecule has 0 bridgehead atoms. The molecule has 0 aliphatic carbocycles. The number of aromatic nitrogens is 1. The topological polar surface area (TPSA) is 147 Å². The average molecular weight is 473 g/mol. The quantitative estimate of drug-likeness (QED) is 0.171. The Bertz CT molecular complexity index is 948. The van der Waals surface area contributed by atoms with Gasteiger partial charge in [0.15, 0.2) is 0 Å². The molecular weight excluding hydrogens is 453 g/mol. The van der Waals surface area contributed by atoms with Gasteiger partial charge in [0.05, 0.1) is 18.3 Å². The van der Waals surface area contributed by atoms with Crippen molar-refractivity contribution < 1.29 is 68.1 Å². The minimum Gasteiger partial charge on any atom is -0.543 e. The molecular formula is C19H20N3NaO8S. The third-order valence-electron chi connectivity index (χ3n) is 4.67. The second-order valence-corrected chi connectivity index (χ2v) is 7.81. The van der Waals surface area contributed by atoms with E-state index in [9.17, 15) is 29.1 Å². The van der Waals surface area contributed by atoms with Crippen molar-refractivity contribution in [2.45, 2.75) is 31.3 Å². The summed E-state index contributed by atoms with van der Waals surface area (Å²) in [6.45, 7) is 2.58. The Kier molecular flexibility index (Phi) is 8.96. The maximum absolute atomic E-state index is 12.8. The number of esters is 2. The predicted molar refractivity (Wildman–Crippen MR) is 104 cm³/mol. The van der Waals surface area contributed by atoms with E-state index in [0.29, 0.717) is 0 Å². The zero-order valence-corrected chi connectivity index (χ0v) is 20.5. The molecule has 0 aromatic carbocycles. The fourth-order valence-electron chi connectivity index (χ4n) is 3.31. The molecule has 166 valence electrons. The average Bonchev–Trinajstić information content (AvgIpc) is 3.23. The molecule has 1 N–H and O–H groups in total. The summed E-state index contributed by atoms with van der Waals surface area (Å²) in [4.78, 5) is 61.5. The standard InChI is InChI=1S/C19H21N3O8S.Na/c1-3-29-19(28)14(21-6-4-5-7-21)15(24)20-12-16(25)22-13(18(26)27)11(8-30-10(2)23)9-31-17(12)22;/h4-7,12,14,17H,3,8-9H2,1-2H3,(H,20,24)(H,26,27);/q;+1/p-1. The summed E-state index contributed by atoms with van der Waals surface area (Å²) >= 11 is 1.20. The van der Waals surface area contributed by atoms with Crippen LogP contribution in [0.3, 0.4) is 0 Å². The van der Waals surface area contributed by atoms with Crippen molar-refractivity contribution in [3.8, 4) is 0 Å². The summed E-state index contributed by atoms with van der Waals surface area (Å²) in [6, 6.07) is 0.901. The van der Waals surface area contributed by atoms with Gasteiger partial charge in [0.25, 0.3) is 11.8 Å². The molecule has 1 saturated heterocycles. The first-order valence-electron chi connectivity index (χ1n) is 9.37. The van der Waals surface area contributed by atoms with E-state index in [1.807, 2.05) is 0 Å². The molecule has 0 saturated carbocycles. The van der Waals surface area contributed by atoms with Gasteiger partial charge in [-0.25, -0.2) is 4.79 Å². The molecule has 2 aliphatic rings. The van der Waals surface area contributed by atoms with Crippen molar-refractivity contribution in [1.29, 1.82) is 0 Å². The number of thioether (sulfide) groups is 1. The molecule has 0 radical (unpaired) electrons. The number of nitrogens with one attached hydrogen (secondary N) is 1. The minimum atomic E-state index is -1.58. The van der Waals surface area contributed by atoms with Crippen molar-refractivity contribution in [3.05, 3.63) is 35.8 Å². The fraction of sp³-hybridized carbons (Fsp3) is 0.421. The van der Waals surface area contributed by atoms with E-state index in [4.69, 9.17) is 9.47 Å². The number of fused-ring (bicyclic) bond motifs is 1. The Morgan fingerprint density at radius 3 is 2.47 bits per heavy atom. The number of amides is 2. The summed E-state index contributed by atoms with van der Waals surface area (Å²) in [5.74, 6) is -4.21. The number of nitrogens with zero attached hydrogens (tertiary/aromatic N) is 2. The van der Waals surface area contributed by atoms with Crippen molar-refractivity contribution >= 4 is 41.5 Å². The maximum Gasteiger partial charge on any atom is 1.00 e. The van der Waals surface area contributed by atoms with Crippen LogP contribution in [0.2, 0.25) is 0 Å². The molecule has 1 aromatic rings. The summed E-state index contributed by atoms with van der Waals surface area (Å²) in [6.07, 6.45) is 3.04. The Morgan fingerprint density at radius 2 is 1.91 bits per heavy atom. The molecule has 3 heterocycles. The van der Waals surface area contributed by atoms with E-state index < -0.39 is 47.2 Å². The number of β-lactam (4-membered cyclic amide) rings is 1. The molecule has 1 aromatic heterocycles. The van der Waals surface area contributed by atoms with Crippen LogP contribution < -0.4 is 40.0 Å². The Morgan fingerprint density at radius 1 is 1.25 bits per heavy atom. The third kappa shape index (κ3) is 5.20. The molecule has 2 amide bonds. The van der Waals surface area contributed by atoms with E-state index in [-0.39, 0.29) is 59.8 Å². The van der Waals surface area contributed by atoms with E-state index >= 15 is 0 Å². The SMILES string of the molecule is CCOC(=O)C(C(=O)NC1C(=O)N2C(C(=O)[O-])=C(COC(C)=O)CSC12)n1cccc1.[Na+]. The van der Waals surface area contributed by atoms with Gasteiger partial charge in [0, 0.05) is 30.6 Å². The molecule has 13 heteroatoms. The van der Waals surface area contributed by atoms with Crippen LogP contribution in [0.1, 0.15) is 19.9 Å². The van der Waals surface area contributed by atoms with Crippen LogP contribution in [0, 0.1) is 0 Å². The smallest absolute Gasteiger partial charge is 0.543 e. The van der Waals surface area contributed by atoms with E-state index in [1.165, 1.54) is 35.6 Å². The molecule has 11 nitrogen and oxygen atoms in total. The summed E-state index contributed by atoms with van der Waals surface area (Å²) in [7, 11) is 0. The number of ether oxygens (including phenoxy) is 2. The summed E-state index contributed by atoms with van der Waals surface area (Å²) < 4.78 is 11.2. The Labute approximate surface area is 209 Å². The third-order valence-corrected chi connectivity index (χ3v) is 6.01. The number of carbonyl (C=O) groups is 5. The van der Waals surface area contributed by atoms with E-state index in [2.05, 4.69) is 5.32 Å². The van der Waals surface area contributed by atoms with Gasteiger partial charge in [-0.3, -0.25) is 19.3 Å². The van der Waals surface area contributed by atoms with Crippen LogP contribution >= 0.6 is 11.8 Å². The number of rotatable bonds is 8. The van der Waals surface area contributed by atoms with E-state index in [0.717, 1.165) is 4.90 Å². The minimum absolute atomic E-state index is 0. The van der Waals surface area contributed by atoms with Crippen molar-refractivity contribution in [2.24, 2.45) is 0 Å². The molecule has 3 atom stereocenters. The van der Waals surface area contributed by atoms with E-state index in [1.54, 1.807) is 19.1 Å². The number of carbonyl (C=O) groups excluding carboxylic acids is 5. The van der Waals surface area contributed by atoms with Crippen molar-refractivity contribution in [2.75, 3.05) is 19.0 Å². The molecule has 1 fully saturated rings.